The lowest BCUT2D eigenvalue weighted by molar-refractivity contribution is 0.734. The largest absolute Gasteiger partial charge is 0.359 e. The topological polar surface area (TPSA) is 42.2 Å². The average Bonchev–Trinajstić information content (AvgIpc) is 2.25. The van der Waals surface area contributed by atoms with Crippen LogP contribution in [0.5, 0.6) is 0 Å². The van der Waals surface area contributed by atoms with Gasteiger partial charge in [-0.05, 0) is 37.7 Å². The maximum Gasteiger partial charge on any atom is 0.131 e. The molecule has 0 aliphatic heterocycles. The molecule has 1 aromatic rings. The minimum absolute atomic E-state index is 0.191. The van der Waals surface area contributed by atoms with Crippen molar-refractivity contribution in [3.05, 3.63) is 23.4 Å². The first-order valence-corrected chi connectivity index (χ1v) is 7.35. The van der Waals surface area contributed by atoms with Gasteiger partial charge in [0.05, 0.1) is 0 Å². The Labute approximate surface area is 109 Å². The molecule has 0 saturated heterocycles. The summed E-state index contributed by atoms with van der Waals surface area (Å²) in [6.45, 7) is 5.16. The third-order valence-corrected chi connectivity index (χ3v) is 3.25. The molecule has 1 atom stereocenters. The van der Waals surface area contributed by atoms with E-state index in [2.05, 4.69) is 36.2 Å². The molecule has 3 nitrogen and oxygen atoms in total. The Kier molecular flexibility index (Phi) is 5.78. The van der Waals surface area contributed by atoms with E-state index in [0.29, 0.717) is 0 Å². The van der Waals surface area contributed by atoms with Gasteiger partial charge in [0, 0.05) is 31.6 Å². The summed E-state index contributed by atoms with van der Waals surface area (Å²) >= 11 is 1.86. The van der Waals surface area contributed by atoms with Crippen molar-refractivity contribution in [3.63, 3.8) is 0 Å². The molecule has 1 unspecified atom stereocenters. The van der Waals surface area contributed by atoms with Crippen LogP contribution in [0.15, 0.2) is 12.3 Å². The van der Waals surface area contributed by atoms with Crippen molar-refractivity contribution in [2.24, 2.45) is 5.73 Å². The molecule has 0 fully saturated rings. The van der Waals surface area contributed by atoms with Crippen molar-refractivity contribution in [1.29, 1.82) is 0 Å². The zero-order valence-corrected chi connectivity index (χ0v) is 12.0. The summed E-state index contributed by atoms with van der Waals surface area (Å²) in [5, 5.41) is 0. The highest BCUT2D eigenvalue weighted by atomic mass is 32.2. The number of rotatable bonds is 6. The standard InChI is InChI=1S/C13H23N3S/c1-10-7-12(8-11(2)14)9-15-13(10)16(3)5-6-17-4/h7,9,11H,5-6,8,14H2,1-4H3. The first-order valence-electron chi connectivity index (χ1n) is 5.95. The fourth-order valence-electron chi connectivity index (χ4n) is 1.84. The number of thioether (sulfide) groups is 1. The number of aryl methyl sites for hydroxylation is 1. The van der Waals surface area contributed by atoms with Crippen LogP contribution < -0.4 is 10.6 Å². The van der Waals surface area contributed by atoms with Crippen LogP contribution in [-0.4, -0.2) is 36.6 Å². The number of hydrogen-bond donors (Lipinski definition) is 1. The Bertz CT molecular complexity index is 353. The van der Waals surface area contributed by atoms with Crippen LogP contribution in [-0.2, 0) is 6.42 Å². The second-order valence-corrected chi connectivity index (χ2v) is 5.57. The molecular weight excluding hydrogens is 230 g/mol. The average molecular weight is 253 g/mol. The predicted molar refractivity (Wildman–Crippen MR) is 78.0 cm³/mol. The van der Waals surface area contributed by atoms with Crippen molar-refractivity contribution in [2.45, 2.75) is 26.3 Å². The highest BCUT2D eigenvalue weighted by molar-refractivity contribution is 7.98. The summed E-state index contributed by atoms with van der Waals surface area (Å²) < 4.78 is 0. The van der Waals surface area contributed by atoms with Crippen molar-refractivity contribution < 1.29 is 0 Å². The Morgan fingerprint density at radius 3 is 2.76 bits per heavy atom. The summed E-state index contributed by atoms with van der Waals surface area (Å²) in [5.74, 6) is 2.20. The van der Waals surface area contributed by atoms with Gasteiger partial charge in [-0.15, -0.1) is 0 Å². The Hall–Kier alpha value is -0.740. The van der Waals surface area contributed by atoms with Gasteiger partial charge >= 0.3 is 0 Å². The molecule has 0 radical (unpaired) electrons. The Balaban J connectivity index is 2.74. The van der Waals surface area contributed by atoms with Gasteiger partial charge in [-0.1, -0.05) is 6.07 Å². The van der Waals surface area contributed by atoms with Gasteiger partial charge in [-0.25, -0.2) is 4.98 Å². The van der Waals surface area contributed by atoms with Crippen LogP contribution in [0, 0.1) is 6.92 Å². The van der Waals surface area contributed by atoms with E-state index in [4.69, 9.17) is 5.73 Å². The first-order chi connectivity index (χ1) is 8.04. The van der Waals surface area contributed by atoms with Crippen LogP contribution in [0.1, 0.15) is 18.1 Å². The first kappa shape index (κ1) is 14.3. The minimum Gasteiger partial charge on any atom is -0.359 e. The van der Waals surface area contributed by atoms with E-state index in [1.54, 1.807) is 0 Å². The third kappa shape index (κ3) is 4.56. The molecule has 0 aliphatic carbocycles. The summed E-state index contributed by atoms with van der Waals surface area (Å²) in [5.41, 5.74) is 8.25. The van der Waals surface area contributed by atoms with E-state index in [-0.39, 0.29) is 6.04 Å². The molecule has 2 N–H and O–H groups in total. The van der Waals surface area contributed by atoms with Gasteiger partial charge in [-0.3, -0.25) is 0 Å². The second kappa shape index (κ2) is 6.87. The van der Waals surface area contributed by atoms with E-state index in [9.17, 15) is 0 Å². The number of nitrogens with zero attached hydrogens (tertiary/aromatic N) is 2. The van der Waals surface area contributed by atoms with Crippen molar-refractivity contribution >= 4 is 17.6 Å². The van der Waals surface area contributed by atoms with Gasteiger partial charge in [0.25, 0.3) is 0 Å². The molecule has 0 bridgehead atoms. The summed E-state index contributed by atoms with van der Waals surface area (Å²) in [4.78, 5) is 6.76. The maximum absolute atomic E-state index is 5.80. The van der Waals surface area contributed by atoms with E-state index in [1.807, 2.05) is 24.9 Å². The van der Waals surface area contributed by atoms with Gasteiger partial charge in [0.2, 0.25) is 0 Å². The maximum atomic E-state index is 5.80. The van der Waals surface area contributed by atoms with Gasteiger partial charge in [-0.2, -0.15) is 11.8 Å². The van der Waals surface area contributed by atoms with Crippen molar-refractivity contribution in [2.75, 3.05) is 30.5 Å². The number of pyridine rings is 1. The predicted octanol–water partition coefficient (Wildman–Crippen LogP) is 2.08. The van der Waals surface area contributed by atoms with Crippen LogP contribution in [0.3, 0.4) is 0 Å². The summed E-state index contributed by atoms with van der Waals surface area (Å²) in [7, 11) is 2.09. The molecule has 0 amide bonds. The Morgan fingerprint density at radius 1 is 1.53 bits per heavy atom. The zero-order valence-electron chi connectivity index (χ0n) is 11.2. The number of nitrogens with two attached hydrogens (primary N) is 1. The smallest absolute Gasteiger partial charge is 0.131 e. The number of hydrogen-bond acceptors (Lipinski definition) is 4. The SMILES string of the molecule is CSCCN(C)c1ncc(CC(C)N)cc1C. The van der Waals surface area contributed by atoms with Crippen LogP contribution in [0.25, 0.3) is 0 Å². The van der Waals surface area contributed by atoms with E-state index in [0.717, 1.165) is 24.5 Å². The van der Waals surface area contributed by atoms with Gasteiger partial charge in [0.1, 0.15) is 5.82 Å². The van der Waals surface area contributed by atoms with E-state index in [1.165, 1.54) is 11.1 Å². The highest BCUT2D eigenvalue weighted by Crippen LogP contribution is 2.17. The third-order valence-electron chi connectivity index (χ3n) is 2.66. The highest BCUT2D eigenvalue weighted by Gasteiger charge is 2.07. The number of anilines is 1. The number of aromatic nitrogens is 1. The summed E-state index contributed by atoms with van der Waals surface area (Å²) in [6.07, 6.45) is 4.96. The van der Waals surface area contributed by atoms with Crippen LogP contribution in [0.2, 0.25) is 0 Å². The second-order valence-electron chi connectivity index (χ2n) is 4.58. The Morgan fingerprint density at radius 2 is 2.24 bits per heavy atom. The zero-order chi connectivity index (χ0) is 12.8. The van der Waals surface area contributed by atoms with Gasteiger partial charge in [0.15, 0.2) is 0 Å². The van der Waals surface area contributed by atoms with Crippen LogP contribution >= 0.6 is 11.8 Å². The van der Waals surface area contributed by atoms with Crippen molar-refractivity contribution in [3.8, 4) is 0 Å². The molecule has 17 heavy (non-hydrogen) atoms. The van der Waals surface area contributed by atoms with Crippen molar-refractivity contribution in [1.82, 2.24) is 4.98 Å². The lowest BCUT2D eigenvalue weighted by atomic mass is 10.1. The molecule has 4 heteroatoms. The minimum atomic E-state index is 0.191. The van der Waals surface area contributed by atoms with E-state index >= 15 is 0 Å². The molecule has 1 heterocycles. The molecule has 0 spiro atoms. The fraction of sp³-hybridized carbons (Fsp3) is 0.615. The lowest BCUT2D eigenvalue weighted by Crippen LogP contribution is -2.23. The monoisotopic (exact) mass is 253 g/mol. The lowest BCUT2D eigenvalue weighted by Gasteiger charge is -2.20. The van der Waals surface area contributed by atoms with Gasteiger partial charge < -0.3 is 10.6 Å². The van der Waals surface area contributed by atoms with E-state index < -0.39 is 0 Å². The molecule has 0 saturated carbocycles. The molecular formula is C13H23N3S. The molecule has 0 aromatic carbocycles. The summed E-state index contributed by atoms with van der Waals surface area (Å²) in [6, 6.07) is 2.39. The molecule has 0 aliphatic rings. The molecule has 96 valence electrons. The fourth-order valence-corrected chi connectivity index (χ4v) is 2.30. The van der Waals surface area contributed by atoms with Crippen LogP contribution in [0.4, 0.5) is 5.82 Å². The molecule has 1 rings (SSSR count). The molecule has 1 aromatic heterocycles. The normalized spacial score (nSPS) is 12.5. The quantitative estimate of drug-likeness (QED) is 0.843.